The van der Waals surface area contributed by atoms with Gasteiger partial charge in [-0.25, -0.2) is 0 Å². The molecule has 2 N–H and O–H groups in total. The third kappa shape index (κ3) is 15.4. The van der Waals surface area contributed by atoms with Gasteiger partial charge in [-0.1, -0.05) is 62.4 Å². The molecule has 0 spiro atoms. The van der Waals surface area contributed by atoms with Gasteiger partial charge in [0.25, 0.3) is 11.8 Å². The molecule has 0 heterocycles. The number of para-hydroxylation sites is 2. The van der Waals surface area contributed by atoms with Crippen molar-refractivity contribution >= 4 is 23.2 Å². The maximum Gasteiger partial charge on any atom is 0.255 e. The number of carbonyl (C=O) groups excluding carboxylic acids is 2. The van der Waals surface area contributed by atoms with Crippen LogP contribution in [0.5, 0.6) is 34.5 Å². The van der Waals surface area contributed by atoms with Crippen molar-refractivity contribution in [2.45, 2.75) is 53.6 Å². The van der Waals surface area contributed by atoms with Gasteiger partial charge in [0.15, 0.2) is 0 Å². The quantitative estimate of drug-likeness (QED) is 0.0784. The predicted octanol–water partition coefficient (Wildman–Crippen LogP) is 11.7. The van der Waals surface area contributed by atoms with Crippen LogP contribution in [0.2, 0.25) is 0 Å². The van der Waals surface area contributed by atoms with E-state index in [-0.39, 0.29) is 11.8 Å². The highest BCUT2D eigenvalue weighted by Gasteiger charge is 2.14. The van der Waals surface area contributed by atoms with Gasteiger partial charge in [0.05, 0.1) is 0 Å². The Kier molecular flexibility index (Phi) is 18.4. The van der Waals surface area contributed by atoms with Gasteiger partial charge in [-0.2, -0.15) is 0 Å². The van der Waals surface area contributed by atoms with Crippen molar-refractivity contribution in [2.24, 2.45) is 0 Å². The highest BCUT2D eigenvalue weighted by molar-refractivity contribution is 6.05. The lowest BCUT2D eigenvalue weighted by molar-refractivity contribution is 0.101. The number of likely N-dealkylation sites (N-methyl/N-ethyl adjacent to an activating group) is 1. The zero-order valence-corrected chi connectivity index (χ0v) is 36.8. The number of amides is 2. The maximum atomic E-state index is 12.7. The average Bonchev–Trinajstić information content (AvgIpc) is 3.28. The van der Waals surface area contributed by atoms with E-state index in [9.17, 15) is 9.59 Å². The average molecular weight is 837 g/mol. The van der Waals surface area contributed by atoms with Gasteiger partial charge in [-0.3, -0.25) is 14.5 Å². The number of benzene rings is 6. The molecule has 324 valence electrons. The minimum Gasteiger partial charge on any atom is -0.492 e. The Morgan fingerprint density at radius 2 is 0.855 bits per heavy atom. The third-order valence-electron chi connectivity index (χ3n) is 9.89. The number of nitrogens with one attached hydrogen (secondary N) is 2. The molecule has 2 amide bonds. The minimum absolute atomic E-state index is 0.191. The highest BCUT2D eigenvalue weighted by Crippen LogP contribution is 2.25. The van der Waals surface area contributed by atoms with Crippen LogP contribution >= 0.6 is 0 Å². The second kappa shape index (κ2) is 24.6. The van der Waals surface area contributed by atoms with E-state index in [1.165, 1.54) is 0 Å². The monoisotopic (exact) mass is 836 g/mol. The van der Waals surface area contributed by atoms with Crippen molar-refractivity contribution in [1.29, 1.82) is 0 Å². The standard InChI is InChI=1S/C27H32N2O3.C25H28N2O3/c1-20(2)29(21(3)4)17-18-31-24-15-13-23(14-16-24)28-27(30)22-9-8-12-26(19-22)32-25-10-6-5-7-11-25;1-3-27(4-2)17-18-29-22-15-13-21(14-16-22)26-25(28)20-9-8-12-24(19-20)30-23-10-6-5-7-11-23/h5-16,19-21H,17-18H2,1-4H3,(H,28,30);5-16,19H,3-4,17-18H2,1-2H3,(H,26,28). The van der Waals surface area contributed by atoms with Crippen molar-refractivity contribution in [3.63, 3.8) is 0 Å². The van der Waals surface area contributed by atoms with Crippen LogP contribution in [0.3, 0.4) is 0 Å². The first-order valence-electron chi connectivity index (χ1n) is 21.3. The number of rotatable bonds is 20. The van der Waals surface area contributed by atoms with Crippen molar-refractivity contribution in [3.05, 3.63) is 169 Å². The zero-order chi connectivity index (χ0) is 44.1. The summed E-state index contributed by atoms with van der Waals surface area (Å²) < 4.78 is 23.3. The summed E-state index contributed by atoms with van der Waals surface area (Å²) in [5.74, 6) is 3.88. The van der Waals surface area contributed by atoms with E-state index in [2.05, 4.69) is 62.0 Å². The smallest absolute Gasteiger partial charge is 0.255 e. The second-order valence-electron chi connectivity index (χ2n) is 15.0. The van der Waals surface area contributed by atoms with Crippen LogP contribution in [-0.4, -0.2) is 73.1 Å². The summed E-state index contributed by atoms with van der Waals surface area (Å²) in [7, 11) is 0. The first-order valence-corrected chi connectivity index (χ1v) is 21.3. The van der Waals surface area contributed by atoms with Crippen LogP contribution in [0.15, 0.2) is 158 Å². The van der Waals surface area contributed by atoms with E-state index in [0.717, 1.165) is 49.2 Å². The molecule has 0 aromatic heterocycles. The molecular weight excluding hydrogens is 777 g/mol. The summed E-state index contributed by atoms with van der Waals surface area (Å²) in [4.78, 5) is 30.0. The molecule has 0 radical (unpaired) electrons. The van der Waals surface area contributed by atoms with Gasteiger partial charge in [0, 0.05) is 47.7 Å². The topological polar surface area (TPSA) is 102 Å². The largest absolute Gasteiger partial charge is 0.492 e. The fourth-order valence-electron chi connectivity index (χ4n) is 6.54. The minimum atomic E-state index is -0.193. The van der Waals surface area contributed by atoms with Crippen LogP contribution in [0, 0.1) is 0 Å². The lowest BCUT2D eigenvalue weighted by Gasteiger charge is -2.30. The van der Waals surface area contributed by atoms with Crippen LogP contribution in [0.4, 0.5) is 11.4 Å². The molecule has 10 heteroatoms. The summed E-state index contributed by atoms with van der Waals surface area (Å²) in [6.45, 7) is 18.1. The number of nitrogens with zero attached hydrogens (tertiary/aromatic N) is 2. The van der Waals surface area contributed by atoms with Crippen LogP contribution in [-0.2, 0) is 0 Å². The number of carbonyl (C=O) groups is 2. The van der Waals surface area contributed by atoms with Gasteiger partial charge in [-0.05, 0) is 150 Å². The van der Waals surface area contributed by atoms with Crippen molar-refractivity contribution in [2.75, 3.05) is 50.0 Å². The molecule has 6 aromatic rings. The van der Waals surface area contributed by atoms with Gasteiger partial charge in [0.2, 0.25) is 0 Å². The third-order valence-corrected chi connectivity index (χ3v) is 9.89. The lowest BCUT2D eigenvalue weighted by Crippen LogP contribution is -2.39. The Hall–Kier alpha value is -6.62. The van der Waals surface area contributed by atoms with Crippen LogP contribution < -0.4 is 29.6 Å². The summed E-state index contributed by atoms with van der Waals surface area (Å²) in [6, 6.07) is 49.1. The molecule has 6 aromatic carbocycles. The van der Waals surface area contributed by atoms with E-state index in [4.69, 9.17) is 18.9 Å². The fraction of sp³-hybridized carbons (Fsp3) is 0.269. The number of ether oxygens (including phenoxy) is 4. The van der Waals surface area contributed by atoms with E-state index in [0.29, 0.717) is 59.3 Å². The Labute approximate surface area is 367 Å². The van der Waals surface area contributed by atoms with Crippen LogP contribution in [0.1, 0.15) is 62.3 Å². The molecule has 0 aliphatic rings. The molecule has 62 heavy (non-hydrogen) atoms. The Balaban J connectivity index is 0.000000235. The Morgan fingerprint density at radius 3 is 1.24 bits per heavy atom. The second-order valence-corrected chi connectivity index (χ2v) is 15.0. The summed E-state index contributed by atoms with van der Waals surface area (Å²) in [5.41, 5.74) is 2.48. The molecule has 6 rings (SSSR count). The molecular formula is C52H60N4O6. The molecule has 0 saturated heterocycles. The van der Waals surface area contributed by atoms with Crippen molar-refractivity contribution in [3.8, 4) is 34.5 Å². The fourth-order valence-corrected chi connectivity index (χ4v) is 6.54. The van der Waals surface area contributed by atoms with Crippen LogP contribution in [0.25, 0.3) is 0 Å². The SMILES string of the molecule is CC(C)N(CCOc1ccc(NC(=O)c2cccc(Oc3ccccc3)c2)cc1)C(C)C.CCN(CC)CCOc1ccc(NC(=O)c2cccc(Oc3ccccc3)c2)cc1. The van der Waals surface area contributed by atoms with Gasteiger partial charge >= 0.3 is 0 Å². The first kappa shape index (κ1) is 46.4. The Morgan fingerprint density at radius 1 is 0.468 bits per heavy atom. The van der Waals surface area contributed by atoms with Crippen molar-refractivity contribution in [1.82, 2.24) is 9.80 Å². The Bertz CT molecular complexity index is 2220. The molecule has 0 aliphatic heterocycles. The summed E-state index contributed by atoms with van der Waals surface area (Å²) >= 11 is 0. The number of hydrogen-bond donors (Lipinski definition) is 2. The number of anilines is 2. The molecule has 0 fully saturated rings. The maximum absolute atomic E-state index is 12.7. The van der Waals surface area contributed by atoms with E-state index < -0.39 is 0 Å². The molecule has 0 bridgehead atoms. The number of hydrogen-bond acceptors (Lipinski definition) is 8. The molecule has 0 atom stereocenters. The molecule has 0 saturated carbocycles. The lowest BCUT2D eigenvalue weighted by atomic mass is 10.2. The normalized spacial score (nSPS) is 10.9. The summed E-state index contributed by atoms with van der Waals surface area (Å²) in [6.07, 6.45) is 0. The molecule has 10 nitrogen and oxygen atoms in total. The van der Waals surface area contributed by atoms with E-state index >= 15 is 0 Å². The highest BCUT2D eigenvalue weighted by atomic mass is 16.5. The van der Waals surface area contributed by atoms with Gasteiger partial charge < -0.3 is 34.5 Å². The molecule has 0 unspecified atom stereocenters. The predicted molar refractivity (Wildman–Crippen MR) is 250 cm³/mol. The zero-order valence-electron chi connectivity index (χ0n) is 36.8. The first-order chi connectivity index (χ1) is 30.1. The van der Waals surface area contributed by atoms with Crippen molar-refractivity contribution < 1.29 is 28.5 Å². The van der Waals surface area contributed by atoms with Gasteiger partial charge in [0.1, 0.15) is 47.7 Å². The summed E-state index contributed by atoms with van der Waals surface area (Å²) in [5, 5.41) is 5.83. The van der Waals surface area contributed by atoms with Gasteiger partial charge in [-0.15, -0.1) is 0 Å². The molecule has 0 aliphatic carbocycles. The van der Waals surface area contributed by atoms with E-state index in [1.54, 1.807) is 30.3 Å². The van der Waals surface area contributed by atoms with E-state index in [1.807, 2.05) is 127 Å².